The summed E-state index contributed by atoms with van der Waals surface area (Å²) < 4.78 is 31.3. The molecule has 0 radical (unpaired) electrons. The molecule has 0 aliphatic rings. The summed E-state index contributed by atoms with van der Waals surface area (Å²) in [5.74, 6) is 0.545. The molecule has 0 aromatic heterocycles. The minimum absolute atomic E-state index is 0.0852. The fourth-order valence-corrected chi connectivity index (χ4v) is 3.99. The summed E-state index contributed by atoms with van der Waals surface area (Å²) in [6.45, 7) is 2.14. The molecule has 0 saturated carbocycles. The van der Waals surface area contributed by atoms with E-state index in [-0.39, 0.29) is 16.4 Å². The molecule has 0 bridgehead atoms. The van der Waals surface area contributed by atoms with Crippen molar-refractivity contribution in [2.75, 3.05) is 0 Å². The summed E-state index contributed by atoms with van der Waals surface area (Å²) in [6.07, 6.45) is 1.34. The summed E-state index contributed by atoms with van der Waals surface area (Å²) in [5, 5.41) is 10.1. The molecule has 0 spiro atoms. The molecule has 0 aliphatic heterocycles. The SMILES string of the molecule is Cc1ccc(S(=O)(=O)/C(C#N)=C/c2cccc(OCc3ccccc3Cl)c2)cc1. The lowest BCUT2D eigenvalue weighted by atomic mass is 10.2. The number of ether oxygens (including phenoxy) is 1. The number of allylic oxidation sites excluding steroid dienone is 1. The van der Waals surface area contributed by atoms with Crippen LogP contribution in [0, 0.1) is 18.3 Å². The highest BCUT2D eigenvalue weighted by atomic mass is 35.5. The zero-order valence-electron chi connectivity index (χ0n) is 15.7. The molecule has 29 heavy (non-hydrogen) atoms. The van der Waals surface area contributed by atoms with Crippen LogP contribution in [0.5, 0.6) is 5.75 Å². The number of hydrogen-bond acceptors (Lipinski definition) is 4. The van der Waals surface area contributed by atoms with E-state index in [1.165, 1.54) is 18.2 Å². The van der Waals surface area contributed by atoms with Crippen LogP contribution in [0.4, 0.5) is 0 Å². The van der Waals surface area contributed by atoms with Gasteiger partial charge in [0.2, 0.25) is 9.84 Å². The average molecular weight is 424 g/mol. The molecule has 0 saturated heterocycles. The third-order valence-electron chi connectivity index (χ3n) is 4.24. The summed E-state index contributed by atoms with van der Waals surface area (Å²) in [5.41, 5.74) is 2.33. The predicted octanol–water partition coefficient (Wildman–Crippen LogP) is 5.57. The van der Waals surface area contributed by atoms with Crippen LogP contribution in [0.25, 0.3) is 6.08 Å². The molecule has 0 atom stereocenters. The minimum Gasteiger partial charge on any atom is -0.489 e. The standard InChI is InChI=1S/C23H18ClNO3S/c1-17-9-11-21(12-10-17)29(26,27)22(15-25)14-18-5-4-7-20(13-18)28-16-19-6-2-3-8-23(19)24/h2-14H,16H2,1H3/b22-14+. The van der Waals surface area contributed by atoms with Crippen LogP contribution in [0.15, 0.2) is 82.6 Å². The molecule has 3 aromatic carbocycles. The first-order valence-electron chi connectivity index (χ1n) is 8.80. The zero-order chi connectivity index (χ0) is 20.9. The van der Waals surface area contributed by atoms with E-state index in [9.17, 15) is 13.7 Å². The first-order chi connectivity index (χ1) is 13.9. The second-order valence-electron chi connectivity index (χ2n) is 6.39. The van der Waals surface area contributed by atoms with Crippen molar-refractivity contribution in [1.29, 1.82) is 5.26 Å². The average Bonchev–Trinajstić information content (AvgIpc) is 2.72. The van der Waals surface area contributed by atoms with Crippen molar-refractivity contribution in [2.24, 2.45) is 0 Å². The van der Waals surface area contributed by atoms with Crippen molar-refractivity contribution >= 4 is 27.5 Å². The molecule has 6 heteroatoms. The molecule has 3 aromatic rings. The largest absolute Gasteiger partial charge is 0.489 e. The molecule has 0 N–H and O–H groups in total. The number of sulfone groups is 1. The van der Waals surface area contributed by atoms with Gasteiger partial charge in [-0.25, -0.2) is 8.42 Å². The van der Waals surface area contributed by atoms with Crippen LogP contribution >= 0.6 is 11.6 Å². The monoisotopic (exact) mass is 423 g/mol. The maximum Gasteiger partial charge on any atom is 0.216 e. The van der Waals surface area contributed by atoms with E-state index in [1.54, 1.807) is 48.5 Å². The second-order valence-corrected chi connectivity index (χ2v) is 8.71. The van der Waals surface area contributed by atoms with E-state index >= 15 is 0 Å². The number of halogens is 1. The van der Waals surface area contributed by atoms with Crippen LogP contribution in [-0.2, 0) is 16.4 Å². The van der Waals surface area contributed by atoms with Gasteiger partial charge < -0.3 is 4.74 Å². The third-order valence-corrected chi connectivity index (χ3v) is 6.29. The number of hydrogen-bond donors (Lipinski definition) is 0. The van der Waals surface area contributed by atoms with Gasteiger partial charge in [0.15, 0.2) is 0 Å². The first-order valence-corrected chi connectivity index (χ1v) is 10.7. The Morgan fingerprint density at radius 2 is 1.79 bits per heavy atom. The molecule has 4 nitrogen and oxygen atoms in total. The van der Waals surface area contributed by atoms with Crippen molar-refractivity contribution in [3.8, 4) is 11.8 Å². The van der Waals surface area contributed by atoms with E-state index in [2.05, 4.69) is 0 Å². The maximum absolute atomic E-state index is 12.8. The van der Waals surface area contributed by atoms with Gasteiger partial charge in [0.25, 0.3) is 0 Å². The Kier molecular flexibility index (Phi) is 6.38. The van der Waals surface area contributed by atoms with Gasteiger partial charge in [0.1, 0.15) is 23.3 Å². The number of aryl methyl sites for hydroxylation is 1. The van der Waals surface area contributed by atoms with Crippen molar-refractivity contribution in [3.63, 3.8) is 0 Å². The lowest BCUT2D eigenvalue weighted by Crippen LogP contribution is -2.03. The molecular weight excluding hydrogens is 406 g/mol. The fraction of sp³-hybridized carbons (Fsp3) is 0.0870. The smallest absolute Gasteiger partial charge is 0.216 e. The Morgan fingerprint density at radius 1 is 1.07 bits per heavy atom. The van der Waals surface area contributed by atoms with Crippen molar-refractivity contribution in [2.45, 2.75) is 18.4 Å². The lowest BCUT2D eigenvalue weighted by molar-refractivity contribution is 0.306. The summed E-state index contributed by atoms with van der Waals surface area (Å²) in [7, 11) is -3.90. The summed E-state index contributed by atoms with van der Waals surface area (Å²) >= 11 is 6.14. The quantitative estimate of drug-likeness (QED) is 0.486. The molecule has 0 amide bonds. The van der Waals surface area contributed by atoms with Crippen LogP contribution in [0.3, 0.4) is 0 Å². The maximum atomic E-state index is 12.8. The van der Waals surface area contributed by atoms with Gasteiger partial charge in [-0.1, -0.05) is 59.6 Å². The van der Waals surface area contributed by atoms with Crippen molar-refractivity contribution in [1.82, 2.24) is 0 Å². The highest BCUT2D eigenvalue weighted by Gasteiger charge is 2.20. The van der Waals surface area contributed by atoms with Gasteiger partial charge in [-0.05, 0) is 48.9 Å². The Labute approximate surface area is 175 Å². The second kappa shape index (κ2) is 8.95. The van der Waals surface area contributed by atoms with Crippen LogP contribution in [0.2, 0.25) is 5.02 Å². The van der Waals surface area contributed by atoms with Crippen molar-refractivity contribution < 1.29 is 13.2 Å². The lowest BCUT2D eigenvalue weighted by Gasteiger charge is -2.09. The zero-order valence-corrected chi connectivity index (χ0v) is 17.2. The van der Waals surface area contributed by atoms with Gasteiger partial charge in [-0.15, -0.1) is 0 Å². The Balaban J connectivity index is 1.85. The van der Waals surface area contributed by atoms with Gasteiger partial charge in [-0.3, -0.25) is 0 Å². The molecular formula is C23H18ClNO3S. The molecule has 0 heterocycles. The summed E-state index contributed by atoms with van der Waals surface area (Å²) in [6, 6.07) is 22.5. The van der Waals surface area contributed by atoms with E-state index in [0.29, 0.717) is 16.3 Å². The molecule has 0 aliphatic carbocycles. The van der Waals surface area contributed by atoms with Gasteiger partial charge in [-0.2, -0.15) is 5.26 Å². The molecule has 146 valence electrons. The highest BCUT2D eigenvalue weighted by Crippen LogP contribution is 2.24. The minimum atomic E-state index is -3.90. The van der Waals surface area contributed by atoms with Crippen LogP contribution < -0.4 is 4.74 Å². The van der Waals surface area contributed by atoms with Crippen LogP contribution in [0.1, 0.15) is 16.7 Å². The first kappa shape index (κ1) is 20.7. The van der Waals surface area contributed by atoms with Gasteiger partial charge in [0, 0.05) is 10.6 Å². The number of rotatable bonds is 6. The normalized spacial score (nSPS) is 11.7. The van der Waals surface area contributed by atoms with E-state index in [1.807, 2.05) is 25.1 Å². The van der Waals surface area contributed by atoms with E-state index < -0.39 is 9.84 Å². The van der Waals surface area contributed by atoms with Gasteiger partial charge >= 0.3 is 0 Å². The number of nitrogens with zero attached hydrogens (tertiary/aromatic N) is 1. The fourth-order valence-electron chi connectivity index (χ4n) is 2.64. The summed E-state index contributed by atoms with van der Waals surface area (Å²) in [4.78, 5) is -0.244. The Bertz CT molecular complexity index is 1190. The number of nitriles is 1. The Hall–Kier alpha value is -3.07. The topological polar surface area (TPSA) is 67.2 Å². The molecule has 0 fully saturated rings. The van der Waals surface area contributed by atoms with Crippen molar-refractivity contribution in [3.05, 3.63) is 99.4 Å². The number of benzene rings is 3. The third kappa shape index (κ3) is 5.05. The highest BCUT2D eigenvalue weighted by molar-refractivity contribution is 7.95. The molecule has 3 rings (SSSR count). The van der Waals surface area contributed by atoms with E-state index in [0.717, 1.165) is 11.1 Å². The molecule has 0 unspecified atom stereocenters. The van der Waals surface area contributed by atoms with Gasteiger partial charge in [0.05, 0.1) is 4.90 Å². The van der Waals surface area contributed by atoms with Crippen LogP contribution in [-0.4, -0.2) is 8.42 Å². The predicted molar refractivity (Wildman–Crippen MR) is 114 cm³/mol. The van der Waals surface area contributed by atoms with E-state index in [4.69, 9.17) is 16.3 Å². The Morgan fingerprint density at radius 3 is 2.48 bits per heavy atom.